The Morgan fingerprint density at radius 1 is 1.21 bits per heavy atom. The van der Waals surface area contributed by atoms with Crippen LogP contribution < -0.4 is 10.6 Å². The fraction of sp³-hybridized carbons (Fsp3) is 0.810. The second-order valence-electron chi connectivity index (χ2n) is 10.3. The molecule has 1 heterocycles. The van der Waals surface area contributed by atoms with Gasteiger partial charge in [-0.3, -0.25) is 19.3 Å². The molecule has 0 bridgehead atoms. The van der Waals surface area contributed by atoms with Gasteiger partial charge < -0.3 is 15.4 Å². The lowest BCUT2D eigenvalue weighted by atomic mass is 9.73. The van der Waals surface area contributed by atoms with E-state index in [-0.39, 0.29) is 17.2 Å². The highest BCUT2D eigenvalue weighted by Gasteiger charge is 2.55. The maximum absolute atomic E-state index is 12.9. The summed E-state index contributed by atoms with van der Waals surface area (Å²) in [6, 6.07) is -0.573. The second-order valence-corrected chi connectivity index (χ2v) is 10.3. The molecule has 2 aliphatic rings. The number of rotatable bonds is 6. The Hall–Kier alpha value is -2.12. The minimum absolute atomic E-state index is 0.0181. The van der Waals surface area contributed by atoms with Crippen molar-refractivity contribution >= 4 is 23.8 Å². The molecule has 1 spiro atoms. The van der Waals surface area contributed by atoms with E-state index < -0.39 is 42.1 Å². The number of imide groups is 1. The van der Waals surface area contributed by atoms with Crippen LogP contribution in [0, 0.1) is 11.3 Å². The van der Waals surface area contributed by atoms with Crippen molar-refractivity contribution in [2.24, 2.45) is 11.3 Å². The van der Waals surface area contributed by atoms with Crippen molar-refractivity contribution in [3.63, 3.8) is 0 Å². The van der Waals surface area contributed by atoms with Crippen molar-refractivity contribution in [1.82, 2.24) is 15.5 Å². The van der Waals surface area contributed by atoms with Crippen LogP contribution in [0.2, 0.25) is 0 Å². The van der Waals surface area contributed by atoms with Gasteiger partial charge >= 0.3 is 12.0 Å². The van der Waals surface area contributed by atoms with E-state index in [0.717, 1.165) is 30.6 Å². The Bertz CT molecular complexity index is 682. The van der Waals surface area contributed by atoms with Gasteiger partial charge in [0.2, 0.25) is 0 Å². The largest absolute Gasteiger partial charge is 0.454 e. The van der Waals surface area contributed by atoms with Crippen LogP contribution in [0.25, 0.3) is 0 Å². The number of carbonyl (C=O) groups is 4. The van der Waals surface area contributed by atoms with Gasteiger partial charge in [0.25, 0.3) is 11.8 Å². The van der Waals surface area contributed by atoms with Gasteiger partial charge in [-0.1, -0.05) is 40.5 Å². The number of hydrogen-bond acceptors (Lipinski definition) is 5. The second kappa shape index (κ2) is 8.32. The molecule has 0 aromatic rings. The maximum Gasteiger partial charge on any atom is 0.326 e. The monoisotopic (exact) mass is 409 g/mol. The molecule has 1 saturated heterocycles. The molecular formula is C21H35N3O5. The van der Waals surface area contributed by atoms with E-state index in [1.54, 1.807) is 0 Å². The van der Waals surface area contributed by atoms with Gasteiger partial charge in [-0.15, -0.1) is 0 Å². The standard InChI is InChI=1S/C21H35N3O5/c1-14-9-7-8-10-21(14)17(27)24(18(28)23-21)11-16(26)29-12-15(25)22-20(5,6)13-19(2,3)4/h14H,7-13H2,1-6H3,(H,22,25)(H,23,28)/t14-,21+/m0/s1. The number of amides is 4. The van der Waals surface area contributed by atoms with Crippen molar-refractivity contribution in [2.45, 2.75) is 84.7 Å². The summed E-state index contributed by atoms with van der Waals surface area (Å²) < 4.78 is 5.02. The normalized spacial score (nSPS) is 25.2. The third-order valence-corrected chi connectivity index (χ3v) is 5.60. The molecule has 1 aliphatic heterocycles. The maximum atomic E-state index is 12.9. The Morgan fingerprint density at radius 2 is 1.86 bits per heavy atom. The number of nitrogens with one attached hydrogen (secondary N) is 2. The van der Waals surface area contributed by atoms with Gasteiger partial charge in [-0.05, 0) is 44.4 Å². The summed E-state index contributed by atoms with van der Waals surface area (Å²) in [4.78, 5) is 50.4. The van der Waals surface area contributed by atoms with Crippen molar-refractivity contribution in [2.75, 3.05) is 13.2 Å². The van der Waals surface area contributed by atoms with Crippen LogP contribution in [0.15, 0.2) is 0 Å². The third-order valence-electron chi connectivity index (χ3n) is 5.60. The Labute approximate surface area is 173 Å². The smallest absolute Gasteiger partial charge is 0.326 e. The number of esters is 1. The number of ether oxygens (including phenoxy) is 1. The molecule has 0 aromatic carbocycles. The predicted octanol–water partition coefficient (Wildman–Crippen LogP) is 2.36. The lowest BCUT2D eigenvalue weighted by Crippen LogP contribution is -2.54. The van der Waals surface area contributed by atoms with Gasteiger partial charge in [-0.2, -0.15) is 0 Å². The Balaban J connectivity index is 1.87. The zero-order valence-corrected chi connectivity index (χ0v) is 18.5. The highest BCUT2D eigenvalue weighted by Crippen LogP contribution is 2.38. The molecule has 29 heavy (non-hydrogen) atoms. The van der Waals surface area contributed by atoms with Crippen LogP contribution in [-0.4, -0.2) is 52.9 Å². The van der Waals surface area contributed by atoms with E-state index in [0.29, 0.717) is 6.42 Å². The molecule has 8 heteroatoms. The van der Waals surface area contributed by atoms with Crippen LogP contribution in [0.5, 0.6) is 0 Å². The summed E-state index contributed by atoms with van der Waals surface area (Å²) in [5.74, 6) is -1.55. The molecule has 164 valence electrons. The molecule has 4 amide bonds. The lowest BCUT2D eigenvalue weighted by molar-refractivity contribution is -0.151. The number of nitrogens with zero attached hydrogens (tertiary/aromatic N) is 1. The minimum atomic E-state index is -0.913. The fourth-order valence-corrected chi connectivity index (χ4v) is 4.74. The molecule has 0 unspecified atom stereocenters. The predicted molar refractivity (Wildman–Crippen MR) is 108 cm³/mol. The first kappa shape index (κ1) is 23.2. The summed E-state index contributed by atoms with van der Waals surface area (Å²) in [5, 5.41) is 5.65. The first-order valence-electron chi connectivity index (χ1n) is 10.4. The highest BCUT2D eigenvalue weighted by atomic mass is 16.5. The van der Waals surface area contributed by atoms with Crippen molar-refractivity contribution < 1.29 is 23.9 Å². The van der Waals surface area contributed by atoms with Crippen LogP contribution in [-0.2, 0) is 19.1 Å². The van der Waals surface area contributed by atoms with Gasteiger partial charge in [0.15, 0.2) is 6.61 Å². The third kappa shape index (κ3) is 5.70. The van der Waals surface area contributed by atoms with Gasteiger partial charge in [0.1, 0.15) is 12.1 Å². The van der Waals surface area contributed by atoms with Crippen molar-refractivity contribution in [1.29, 1.82) is 0 Å². The molecular weight excluding hydrogens is 374 g/mol. The molecule has 2 atom stereocenters. The van der Waals surface area contributed by atoms with E-state index in [9.17, 15) is 19.2 Å². The number of carbonyl (C=O) groups excluding carboxylic acids is 4. The summed E-state index contributed by atoms with van der Waals surface area (Å²) in [6.07, 6.45) is 4.07. The van der Waals surface area contributed by atoms with Crippen molar-refractivity contribution in [3.8, 4) is 0 Å². The molecule has 1 saturated carbocycles. The summed E-state index contributed by atoms with van der Waals surface area (Å²) in [5.41, 5.74) is -1.33. The highest BCUT2D eigenvalue weighted by molar-refractivity contribution is 6.09. The number of urea groups is 1. The van der Waals surface area contributed by atoms with Gasteiger partial charge in [-0.25, -0.2) is 4.79 Å². The molecule has 0 aromatic heterocycles. The fourth-order valence-electron chi connectivity index (χ4n) is 4.74. The number of hydrogen-bond donors (Lipinski definition) is 2. The van der Waals surface area contributed by atoms with Crippen LogP contribution >= 0.6 is 0 Å². The van der Waals surface area contributed by atoms with E-state index >= 15 is 0 Å². The Morgan fingerprint density at radius 3 is 2.45 bits per heavy atom. The molecule has 0 radical (unpaired) electrons. The summed E-state index contributed by atoms with van der Waals surface area (Å²) in [6.45, 7) is 11.1. The van der Waals surface area contributed by atoms with E-state index in [2.05, 4.69) is 31.4 Å². The first-order valence-corrected chi connectivity index (χ1v) is 10.4. The van der Waals surface area contributed by atoms with Gasteiger partial charge in [0.05, 0.1) is 0 Å². The van der Waals surface area contributed by atoms with E-state index in [1.165, 1.54) is 0 Å². The van der Waals surface area contributed by atoms with Gasteiger partial charge in [0, 0.05) is 5.54 Å². The molecule has 2 N–H and O–H groups in total. The Kier molecular flexibility index (Phi) is 6.65. The van der Waals surface area contributed by atoms with Crippen LogP contribution in [0.3, 0.4) is 0 Å². The van der Waals surface area contributed by atoms with Crippen LogP contribution in [0.4, 0.5) is 4.79 Å². The molecule has 2 fully saturated rings. The summed E-state index contributed by atoms with van der Waals surface area (Å²) in [7, 11) is 0. The first-order chi connectivity index (χ1) is 13.3. The molecule has 8 nitrogen and oxygen atoms in total. The minimum Gasteiger partial charge on any atom is -0.454 e. The summed E-state index contributed by atoms with van der Waals surface area (Å²) >= 11 is 0. The molecule has 1 aliphatic carbocycles. The van der Waals surface area contributed by atoms with Crippen LogP contribution in [0.1, 0.15) is 73.6 Å². The average Bonchev–Trinajstić information content (AvgIpc) is 2.78. The zero-order chi connectivity index (χ0) is 22.0. The van der Waals surface area contributed by atoms with E-state index in [4.69, 9.17) is 4.74 Å². The van der Waals surface area contributed by atoms with E-state index in [1.807, 2.05) is 20.8 Å². The zero-order valence-electron chi connectivity index (χ0n) is 18.5. The quantitative estimate of drug-likeness (QED) is 0.518. The van der Waals surface area contributed by atoms with Crippen molar-refractivity contribution in [3.05, 3.63) is 0 Å². The SMILES string of the molecule is C[C@H]1CCCC[C@@]12NC(=O)N(CC(=O)OCC(=O)NC(C)(C)CC(C)(C)C)C2=O. The lowest BCUT2D eigenvalue weighted by Gasteiger charge is -2.36. The molecule has 2 rings (SSSR count). The topological polar surface area (TPSA) is 105 Å². The average molecular weight is 410 g/mol.